The summed E-state index contributed by atoms with van der Waals surface area (Å²) in [6.45, 7) is 6.22. The van der Waals surface area contributed by atoms with Crippen LogP contribution in [0.3, 0.4) is 0 Å². The third kappa shape index (κ3) is 3.32. The molecule has 0 bridgehead atoms. The maximum Gasteiger partial charge on any atom is 0.303 e. The van der Waals surface area contributed by atoms with E-state index < -0.39 is 23.1 Å². The van der Waals surface area contributed by atoms with Crippen LogP contribution in [0.4, 0.5) is 0 Å². The molecule has 126 valence electrons. The van der Waals surface area contributed by atoms with E-state index in [2.05, 4.69) is 0 Å². The first kappa shape index (κ1) is 17.7. The molecule has 0 aliphatic carbocycles. The summed E-state index contributed by atoms with van der Waals surface area (Å²) >= 11 is 0. The van der Waals surface area contributed by atoms with E-state index >= 15 is 0 Å². The highest BCUT2D eigenvalue weighted by molar-refractivity contribution is 5.69. The molecule has 0 radical (unpaired) electrons. The van der Waals surface area contributed by atoms with Crippen LogP contribution in [-0.4, -0.2) is 11.9 Å². The van der Waals surface area contributed by atoms with Gasteiger partial charge in [-0.05, 0) is 25.0 Å². The molecule has 4 nitrogen and oxygen atoms in total. The molecule has 0 aliphatic heterocycles. The minimum atomic E-state index is -1.19. The Morgan fingerprint density at radius 1 is 0.667 bits per heavy atom. The number of esters is 2. The SMILES string of the molecule is CC(=O)OC(C)(c1ccccc1)C(C)(OC(C)=O)c1ccccc1. The van der Waals surface area contributed by atoms with E-state index in [-0.39, 0.29) is 0 Å². The van der Waals surface area contributed by atoms with Gasteiger partial charge in [-0.25, -0.2) is 0 Å². The Morgan fingerprint density at radius 2 is 0.958 bits per heavy atom. The molecule has 0 amide bonds. The Balaban J connectivity index is 2.70. The van der Waals surface area contributed by atoms with Gasteiger partial charge in [0.25, 0.3) is 0 Å². The molecule has 0 aromatic heterocycles. The minimum Gasteiger partial charge on any atom is -0.450 e. The average Bonchev–Trinajstić information content (AvgIpc) is 2.55. The van der Waals surface area contributed by atoms with Crippen LogP contribution in [-0.2, 0) is 30.3 Å². The largest absolute Gasteiger partial charge is 0.450 e. The van der Waals surface area contributed by atoms with Gasteiger partial charge in [0.15, 0.2) is 11.2 Å². The Bertz CT molecular complexity index is 647. The molecule has 0 saturated heterocycles. The van der Waals surface area contributed by atoms with Crippen LogP contribution in [0.2, 0.25) is 0 Å². The first-order valence-electron chi connectivity index (χ1n) is 7.80. The molecular formula is C20H22O4. The lowest BCUT2D eigenvalue weighted by atomic mass is 9.75. The van der Waals surface area contributed by atoms with E-state index in [9.17, 15) is 9.59 Å². The van der Waals surface area contributed by atoms with Gasteiger partial charge < -0.3 is 9.47 Å². The predicted molar refractivity (Wildman–Crippen MR) is 91.1 cm³/mol. The van der Waals surface area contributed by atoms with Crippen molar-refractivity contribution in [1.82, 2.24) is 0 Å². The maximum absolute atomic E-state index is 11.8. The Labute approximate surface area is 142 Å². The predicted octanol–water partition coefficient (Wildman–Crippen LogP) is 3.94. The first-order valence-corrected chi connectivity index (χ1v) is 7.80. The summed E-state index contributed by atoms with van der Waals surface area (Å²) in [6.07, 6.45) is 0. The number of carbonyl (C=O) groups is 2. The monoisotopic (exact) mass is 326 g/mol. The molecule has 2 aromatic carbocycles. The fraction of sp³-hybridized carbons (Fsp3) is 0.300. The lowest BCUT2D eigenvalue weighted by Gasteiger charge is -2.45. The van der Waals surface area contributed by atoms with E-state index in [0.29, 0.717) is 0 Å². The third-order valence-corrected chi connectivity index (χ3v) is 4.26. The molecule has 2 atom stereocenters. The third-order valence-electron chi connectivity index (χ3n) is 4.26. The zero-order valence-electron chi connectivity index (χ0n) is 14.4. The Morgan fingerprint density at radius 3 is 1.21 bits per heavy atom. The standard InChI is InChI=1S/C20H22O4/c1-15(21)23-19(3,17-11-7-5-8-12-17)20(4,24-16(2)22)18-13-9-6-10-14-18/h5-14H,1-4H3. The molecule has 0 heterocycles. The summed E-state index contributed by atoms with van der Waals surface area (Å²) in [5.41, 5.74) is -0.888. The van der Waals surface area contributed by atoms with Gasteiger partial charge in [-0.1, -0.05) is 60.7 Å². The number of hydrogen-bond acceptors (Lipinski definition) is 4. The Hall–Kier alpha value is -2.62. The maximum atomic E-state index is 11.8. The van der Waals surface area contributed by atoms with Gasteiger partial charge in [0, 0.05) is 13.8 Å². The van der Waals surface area contributed by atoms with E-state index in [1.165, 1.54) is 13.8 Å². The summed E-state index contributed by atoms with van der Waals surface area (Å²) in [5.74, 6) is -0.897. The van der Waals surface area contributed by atoms with Gasteiger partial charge in [-0.15, -0.1) is 0 Å². The lowest BCUT2D eigenvalue weighted by molar-refractivity contribution is -0.211. The van der Waals surface area contributed by atoms with Crippen molar-refractivity contribution in [2.24, 2.45) is 0 Å². The van der Waals surface area contributed by atoms with Crippen molar-refractivity contribution in [2.45, 2.75) is 38.9 Å². The van der Waals surface area contributed by atoms with Crippen LogP contribution in [0.1, 0.15) is 38.8 Å². The van der Waals surface area contributed by atoms with E-state index in [1.54, 1.807) is 13.8 Å². The van der Waals surface area contributed by atoms with Crippen LogP contribution < -0.4 is 0 Å². The first-order chi connectivity index (χ1) is 11.3. The van der Waals surface area contributed by atoms with E-state index in [0.717, 1.165) is 11.1 Å². The molecule has 2 aromatic rings. The normalized spacial score (nSPS) is 15.7. The van der Waals surface area contributed by atoms with Gasteiger partial charge >= 0.3 is 11.9 Å². The van der Waals surface area contributed by atoms with Crippen LogP contribution in [0.5, 0.6) is 0 Å². The number of benzene rings is 2. The van der Waals surface area contributed by atoms with Crippen molar-refractivity contribution in [1.29, 1.82) is 0 Å². The molecule has 0 spiro atoms. The van der Waals surface area contributed by atoms with Crippen LogP contribution in [0.25, 0.3) is 0 Å². The van der Waals surface area contributed by atoms with Gasteiger partial charge in [-0.2, -0.15) is 0 Å². The fourth-order valence-corrected chi connectivity index (χ4v) is 2.95. The molecule has 0 N–H and O–H groups in total. The van der Waals surface area contributed by atoms with Crippen LogP contribution >= 0.6 is 0 Å². The second-order valence-electron chi connectivity index (χ2n) is 5.99. The van der Waals surface area contributed by atoms with Crippen molar-refractivity contribution in [3.8, 4) is 0 Å². The van der Waals surface area contributed by atoms with E-state index in [1.807, 2.05) is 60.7 Å². The minimum absolute atomic E-state index is 0.448. The topological polar surface area (TPSA) is 52.6 Å². The second kappa shape index (κ2) is 6.87. The molecular weight excluding hydrogens is 304 g/mol. The number of carbonyl (C=O) groups excluding carboxylic acids is 2. The van der Waals surface area contributed by atoms with E-state index in [4.69, 9.17) is 9.47 Å². The van der Waals surface area contributed by atoms with Gasteiger partial charge in [0.1, 0.15) is 0 Å². The quantitative estimate of drug-likeness (QED) is 0.781. The van der Waals surface area contributed by atoms with Crippen LogP contribution in [0, 0.1) is 0 Å². The van der Waals surface area contributed by atoms with Gasteiger partial charge in [0.05, 0.1) is 0 Å². The molecule has 2 unspecified atom stereocenters. The smallest absolute Gasteiger partial charge is 0.303 e. The summed E-state index contributed by atoms with van der Waals surface area (Å²) in [6, 6.07) is 18.6. The average molecular weight is 326 g/mol. The number of rotatable bonds is 5. The highest BCUT2D eigenvalue weighted by Gasteiger charge is 2.53. The highest BCUT2D eigenvalue weighted by Crippen LogP contribution is 2.46. The zero-order chi connectivity index (χ0) is 17.8. The fourth-order valence-electron chi connectivity index (χ4n) is 2.95. The summed E-state index contributed by atoms with van der Waals surface area (Å²) < 4.78 is 11.5. The molecule has 2 rings (SSSR count). The lowest BCUT2D eigenvalue weighted by Crippen LogP contribution is -2.50. The molecule has 4 heteroatoms. The molecule has 0 aliphatic rings. The highest BCUT2D eigenvalue weighted by atomic mass is 16.6. The zero-order valence-corrected chi connectivity index (χ0v) is 14.4. The number of hydrogen-bond donors (Lipinski definition) is 0. The second-order valence-corrected chi connectivity index (χ2v) is 5.99. The molecule has 0 fully saturated rings. The van der Waals surface area contributed by atoms with Gasteiger partial charge in [-0.3, -0.25) is 9.59 Å². The number of ether oxygens (including phenoxy) is 2. The summed E-state index contributed by atoms with van der Waals surface area (Å²) in [5, 5.41) is 0. The molecule has 0 saturated carbocycles. The van der Waals surface area contributed by atoms with Crippen molar-refractivity contribution in [3.63, 3.8) is 0 Å². The molecule has 24 heavy (non-hydrogen) atoms. The Kier molecular flexibility index (Phi) is 5.07. The van der Waals surface area contributed by atoms with Crippen LogP contribution in [0.15, 0.2) is 60.7 Å². The van der Waals surface area contributed by atoms with Crippen molar-refractivity contribution < 1.29 is 19.1 Å². The van der Waals surface area contributed by atoms with Crippen molar-refractivity contribution >= 4 is 11.9 Å². The van der Waals surface area contributed by atoms with Crippen molar-refractivity contribution in [3.05, 3.63) is 71.8 Å². The summed E-state index contributed by atoms with van der Waals surface area (Å²) in [4.78, 5) is 23.7. The van der Waals surface area contributed by atoms with Crippen molar-refractivity contribution in [2.75, 3.05) is 0 Å². The van der Waals surface area contributed by atoms with Gasteiger partial charge in [0.2, 0.25) is 0 Å². The summed E-state index contributed by atoms with van der Waals surface area (Å²) in [7, 11) is 0.